The summed E-state index contributed by atoms with van der Waals surface area (Å²) in [7, 11) is 1.89. The van der Waals surface area contributed by atoms with E-state index in [4.69, 9.17) is 4.74 Å². The van der Waals surface area contributed by atoms with Crippen LogP contribution in [-0.4, -0.2) is 25.7 Å². The molecule has 0 aliphatic carbocycles. The molecule has 0 aromatic carbocycles. The molecule has 0 aliphatic rings. The number of carbonyl (C=O) groups is 1. The molecular formula is C10H21NO2. The first kappa shape index (κ1) is 12.4. The van der Waals surface area contributed by atoms with Gasteiger partial charge in [-0.15, -0.1) is 0 Å². The van der Waals surface area contributed by atoms with E-state index in [9.17, 15) is 4.79 Å². The second-order valence-corrected chi connectivity index (χ2v) is 3.14. The molecule has 1 N–H and O–H groups in total. The summed E-state index contributed by atoms with van der Waals surface area (Å²) in [6.45, 7) is 4.46. The zero-order chi connectivity index (χ0) is 10.1. The third kappa shape index (κ3) is 6.58. The van der Waals surface area contributed by atoms with Crippen LogP contribution >= 0.6 is 0 Å². The lowest BCUT2D eigenvalue weighted by atomic mass is 10.1. The smallest absolute Gasteiger partial charge is 0.307 e. The number of hydrogen-bond acceptors (Lipinski definition) is 3. The van der Waals surface area contributed by atoms with Crippen LogP contribution in [0, 0.1) is 0 Å². The van der Waals surface area contributed by atoms with E-state index in [1.807, 2.05) is 14.0 Å². The van der Waals surface area contributed by atoms with Crippen LogP contribution in [0.4, 0.5) is 0 Å². The van der Waals surface area contributed by atoms with Crippen LogP contribution in [0.2, 0.25) is 0 Å². The maximum Gasteiger partial charge on any atom is 0.307 e. The lowest BCUT2D eigenvalue weighted by molar-refractivity contribution is -0.143. The molecule has 3 heteroatoms. The topological polar surface area (TPSA) is 38.3 Å². The lowest BCUT2D eigenvalue weighted by Crippen LogP contribution is -2.28. The maximum atomic E-state index is 11.1. The Kier molecular flexibility index (Phi) is 7.69. The van der Waals surface area contributed by atoms with Crippen molar-refractivity contribution < 1.29 is 9.53 Å². The molecule has 1 atom stereocenters. The zero-order valence-corrected chi connectivity index (χ0v) is 8.93. The molecule has 0 saturated heterocycles. The summed E-state index contributed by atoms with van der Waals surface area (Å²) in [6, 6.07) is 0.277. The van der Waals surface area contributed by atoms with Gasteiger partial charge in [-0.3, -0.25) is 4.79 Å². The first-order valence-electron chi connectivity index (χ1n) is 5.07. The van der Waals surface area contributed by atoms with Crippen molar-refractivity contribution in [2.24, 2.45) is 0 Å². The molecule has 0 amide bonds. The quantitative estimate of drug-likeness (QED) is 0.617. The number of esters is 1. The van der Waals surface area contributed by atoms with Crippen molar-refractivity contribution in [3.05, 3.63) is 0 Å². The molecule has 0 aromatic rings. The van der Waals surface area contributed by atoms with E-state index in [0.29, 0.717) is 13.0 Å². The highest BCUT2D eigenvalue weighted by atomic mass is 16.5. The van der Waals surface area contributed by atoms with Crippen molar-refractivity contribution in [1.29, 1.82) is 0 Å². The molecule has 0 bridgehead atoms. The fourth-order valence-corrected chi connectivity index (χ4v) is 1.22. The van der Waals surface area contributed by atoms with E-state index in [1.165, 1.54) is 6.42 Å². The molecule has 0 heterocycles. The average Bonchev–Trinajstić information content (AvgIpc) is 2.12. The van der Waals surface area contributed by atoms with Gasteiger partial charge >= 0.3 is 5.97 Å². The van der Waals surface area contributed by atoms with Gasteiger partial charge in [0.15, 0.2) is 0 Å². The number of nitrogens with one attached hydrogen (secondary N) is 1. The standard InChI is InChI=1S/C10H21NO2/c1-4-6-7-9(11-3)8-10(12)13-5-2/h9,11H,4-8H2,1-3H3. The fourth-order valence-electron chi connectivity index (χ4n) is 1.22. The van der Waals surface area contributed by atoms with E-state index in [-0.39, 0.29) is 12.0 Å². The molecule has 13 heavy (non-hydrogen) atoms. The van der Waals surface area contributed by atoms with Gasteiger partial charge in [0.1, 0.15) is 0 Å². The minimum absolute atomic E-state index is 0.0991. The molecule has 1 unspecified atom stereocenters. The molecule has 0 aromatic heterocycles. The lowest BCUT2D eigenvalue weighted by Gasteiger charge is -2.14. The highest BCUT2D eigenvalue weighted by molar-refractivity contribution is 5.70. The van der Waals surface area contributed by atoms with Crippen LogP contribution in [-0.2, 0) is 9.53 Å². The Hall–Kier alpha value is -0.570. The van der Waals surface area contributed by atoms with Gasteiger partial charge in [-0.05, 0) is 20.4 Å². The number of ether oxygens (including phenoxy) is 1. The highest BCUT2D eigenvalue weighted by Crippen LogP contribution is 2.04. The summed E-state index contributed by atoms with van der Waals surface area (Å²) in [5.41, 5.74) is 0. The third-order valence-electron chi connectivity index (χ3n) is 2.03. The number of unbranched alkanes of at least 4 members (excludes halogenated alkanes) is 1. The average molecular weight is 187 g/mol. The Bertz CT molecular complexity index is 137. The summed E-state index contributed by atoms with van der Waals surface area (Å²) >= 11 is 0. The normalized spacial score (nSPS) is 12.5. The molecule has 0 spiro atoms. The van der Waals surface area contributed by atoms with Crippen molar-refractivity contribution in [2.75, 3.05) is 13.7 Å². The minimum atomic E-state index is -0.0991. The fraction of sp³-hybridized carbons (Fsp3) is 0.900. The predicted octanol–water partition coefficient (Wildman–Crippen LogP) is 1.72. The Morgan fingerprint density at radius 2 is 2.15 bits per heavy atom. The number of hydrogen-bond donors (Lipinski definition) is 1. The van der Waals surface area contributed by atoms with Crippen molar-refractivity contribution in [2.45, 2.75) is 45.6 Å². The number of rotatable bonds is 7. The van der Waals surface area contributed by atoms with Gasteiger partial charge in [0.2, 0.25) is 0 Å². The Balaban J connectivity index is 3.62. The van der Waals surface area contributed by atoms with Crippen LogP contribution in [0.3, 0.4) is 0 Å². The molecule has 0 fully saturated rings. The van der Waals surface area contributed by atoms with E-state index in [2.05, 4.69) is 12.2 Å². The van der Waals surface area contributed by atoms with Crippen molar-refractivity contribution in [3.8, 4) is 0 Å². The van der Waals surface area contributed by atoms with Gasteiger partial charge in [0.05, 0.1) is 13.0 Å². The second-order valence-electron chi connectivity index (χ2n) is 3.14. The van der Waals surface area contributed by atoms with Crippen molar-refractivity contribution in [3.63, 3.8) is 0 Å². The van der Waals surface area contributed by atoms with E-state index < -0.39 is 0 Å². The Labute approximate surface area is 80.8 Å². The summed E-state index contributed by atoms with van der Waals surface area (Å²) < 4.78 is 4.88. The van der Waals surface area contributed by atoms with Gasteiger partial charge < -0.3 is 10.1 Å². The molecule has 0 saturated carbocycles. The van der Waals surface area contributed by atoms with Crippen LogP contribution in [0.5, 0.6) is 0 Å². The molecule has 0 rings (SSSR count). The summed E-state index contributed by atoms with van der Waals surface area (Å²) in [6.07, 6.45) is 3.86. The highest BCUT2D eigenvalue weighted by Gasteiger charge is 2.11. The molecular weight excluding hydrogens is 166 g/mol. The first-order chi connectivity index (χ1) is 6.24. The maximum absolute atomic E-state index is 11.1. The second kappa shape index (κ2) is 8.05. The molecule has 0 aliphatic heterocycles. The minimum Gasteiger partial charge on any atom is -0.466 e. The van der Waals surface area contributed by atoms with Crippen LogP contribution in [0.25, 0.3) is 0 Å². The van der Waals surface area contributed by atoms with Crippen LogP contribution in [0.15, 0.2) is 0 Å². The zero-order valence-electron chi connectivity index (χ0n) is 8.93. The largest absolute Gasteiger partial charge is 0.466 e. The van der Waals surface area contributed by atoms with Crippen LogP contribution < -0.4 is 5.32 Å². The van der Waals surface area contributed by atoms with Gasteiger partial charge in [-0.2, -0.15) is 0 Å². The van der Waals surface area contributed by atoms with Gasteiger partial charge in [-0.25, -0.2) is 0 Å². The summed E-state index contributed by atoms with van der Waals surface area (Å²) in [5.74, 6) is -0.0991. The molecule has 3 nitrogen and oxygen atoms in total. The number of carbonyl (C=O) groups excluding carboxylic acids is 1. The summed E-state index contributed by atoms with van der Waals surface area (Å²) in [4.78, 5) is 11.1. The summed E-state index contributed by atoms with van der Waals surface area (Å²) in [5, 5.41) is 3.13. The van der Waals surface area contributed by atoms with Crippen molar-refractivity contribution >= 4 is 5.97 Å². The molecule has 78 valence electrons. The van der Waals surface area contributed by atoms with E-state index >= 15 is 0 Å². The van der Waals surface area contributed by atoms with Gasteiger partial charge in [0, 0.05) is 6.04 Å². The van der Waals surface area contributed by atoms with E-state index in [1.54, 1.807) is 0 Å². The van der Waals surface area contributed by atoms with E-state index in [0.717, 1.165) is 12.8 Å². The third-order valence-corrected chi connectivity index (χ3v) is 2.03. The molecule has 0 radical (unpaired) electrons. The first-order valence-corrected chi connectivity index (χ1v) is 5.07. The van der Waals surface area contributed by atoms with Crippen molar-refractivity contribution in [1.82, 2.24) is 5.32 Å². The Morgan fingerprint density at radius 1 is 1.46 bits per heavy atom. The van der Waals surface area contributed by atoms with Crippen LogP contribution in [0.1, 0.15) is 39.5 Å². The predicted molar refractivity (Wildman–Crippen MR) is 53.6 cm³/mol. The van der Waals surface area contributed by atoms with Gasteiger partial charge in [-0.1, -0.05) is 19.8 Å². The van der Waals surface area contributed by atoms with Gasteiger partial charge in [0.25, 0.3) is 0 Å². The monoisotopic (exact) mass is 187 g/mol. The Morgan fingerprint density at radius 3 is 2.62 bits per heavy atom. The SMILES string of the molecule is CCCCC(CC(=O)OCC)NC.